The molecule has 1 amide bonds. The van der Waals surface area contributed by atoms with Crippen LogP contribution in [0.3, 0.4) is 0 Å². The summed E-state index contributed by atoms with van der Waals surface area (Å²) in [5, 5.41) is 2.62. The topological polar surface area (TPSA) is 104 Å². The maximum atomic E-state index is 13.1. The monoisotopic (exact) mass is 545 g/mol. The SMILES string of the molecule is O=C(Nc1ccc(S(=O)(=O)N2CCCCC2)cc1)C1CCCN1S(=O)(=O)c1ccc(C(F)(F)F)cc1. The molecule has 1 atom stereocenters. The number of carbonyl (C=O) groups excluding carboxylic acids is 1. The lowest BCUT2D eigenvalue weighted by Gasteiger charge is -2.26. The highest BCUT2D eigenvalue weighted by Gasteiger charge is 2.40. The molecule has 2 aliphatic heterocycles. The van der Waals surface area contributed by atoms with Crippen LogP contribution in [0, 0.1) is 0 Å². The Morgan fingerprint density at radius 2 is 1.33 bits per heavy atom. The lowest BCUT2D eigenvalue weighted by atomic mass is 10.2. The summed E-state index contributed by atoms with van der Waals surface area (Å²) in [6.07, 6.45) is -1.34. The van der Waals surface area contributed by atoms with E-state index in [9.17, 15) is 34.8 Å². The number of carbonyl (C=O) groups is 1. The van der Waals surface area contributed by atoms with E-state index in [1.165, 1.54) is 28.6 Å². The number of piperidine rings is 1. The largest absolute Gasteiger partial charge is 0.416 e. The second-order valence-electron chi connectivity index (χ2n) is 8.77. The Labute approximate surface area is 208 Å². The molecule has 2 saturated heterocycles. The molecule has 1 unspecified atom stereocenters. The Balaban J connectivity index is 1.46. The van der Waals surface area contributed by atoms with Crippen molar-refractivity contribution in [2.45, 2.75) is 54.1 Å². The molecular formula is C23H26F3N3O5S2. The molecule has 8 nitrogen and oxygen atoms in total. The Bertz CT molecular complexity index is 1310. The lowest BCUT2D eigenvalue weighted by Crippen LogP contribution is -2.43. The molecule has 196 valence electrons. The third-order valence-corrected chi connectivity index (χ3v) is 10.2. The van der Waals surface area contributed by atoms with Gasteiger partial charge in [0.05, 0.1) is 15.4 Å². The van der Waals surface area contributed by atoms with Crippen molar-refractivity contribution in [2.75, 3.05) is 25.0 Å². The van der Waals surface area contributed by atoms with Crippen LogP contribution in [-0.4, -0.2) is 57.0 Å². The number of halogens is 3. The molecule has 2 aromatic carbocycles. The van der Waals surface area contributed by atoms with Gasteiger partial charge in [-0.3, -0.25) is 4.79 Å². The van der Waals surface area contributed by atoms with Gasteiger partial charge in [-0.2, -0.15) is 21.8 Å². The third kappa shape index (κ3) is 5.43. The number of nitrogens with zero attached hydrogens (tertiary/aromatic N) is 2. The normalized spacial score (nSPS) is 20.4. The maximum absolute atomic E-state index is 13.1. The summed E-state index contributed by atoms with van der Waals surface area (Å²) >= 11 is 0. The van der Waals surface area contributed by atoms with Gasteiger partial charge in [0.25, 0.3) is 0 Å². The van der Waals surface area contributed by atoms with Crippen LogP contribution >= 0.6 is 0 Å². The first kappa shape index (κ1) is 26.6. The van der Waals surface area contributed by atoms with Gasteiger partial charge in [0.2, 0.25) is 26.0 Å². The first-order valence-electron chi connectivity index (χ1n) is 11.5. The van der Waals surface area contributed by atoms with E-state index in [4.69, 9.17) is 0 Å². The van der Waals surface area contributed by atoms with Crippen LogP contribution in [0.4, 0.5) is 18.9 Å². The molecule has 0 radical (unpaired) electrons. The fourth-order valence-corrected chi connectivity index (χ4v) is 7.60. The average molecular weight is 546 g/mol. The van der Waals surface area contributed by atoms with Crippen molar-refractivity contribution in [2.24, 2.45) is 0 Å². The van der Waals surface area contributed by atoms with E-state index in [0.29, 0.717) is 37.3 Å². The molecule has 2 heterocycles. The molecule has 0 aliphatic carbocycles. The minimum absolute atomic E-state index is 0.0501. The third-order valence-electron chi connectivity index (χ3n) is 6.37. The first-order chi connectivity index (χ1) is 16.9. The van der Waals surface area contributed by atoms with E-state index in [-0.39, 0.29) is 22.8 Å². The van der Waals surface area contributed by atoms with E-state index in [1.807, 2.05) is 0 Å². The highest BCUT2D eigenvalue weighted by atomic mass is 32.2. The Morgan fingerprint density at radius 1 is 0.778 bits per heavy atom. The quantitative estimate of drug-likeness (QED) is 0.597. The van der Waals surface area contributed by atoms with Crippen LogP contribution in [0.5, 0.6) is 0 Å². The molecule has 1 N–H and O–H groups in total. The van der Waals surface area contributed by atoms with Crippen molar-refractivity contribution in [1.29, 1.82) is 0 Å². The van der Waals surface area contributed by atoms with Crippen molar-refractivity contribution >= 4 is 31.6 Å². The molecule has 0 spiro atoms. The summed E-state index contributed by atoms with van der Waals surface area (Å²) in [6, 6.07) is 7.77. The standard InChI is InChI=1S/C23H26F3N3O5S2/c24-23(25,26)17-6-10-20(11-7-17)36(33,34)29-16-4-5-21(29)22(30)27-18-8-12-19(13-9-18)35(31,32)28-14-2-1-3-15-28/h6-13,21H,1-5,14-16H2,(H,27,30). The second-order valence-corrected chi connectivity index (χ2v) is 12.6. The van der Waals surface area contributed by atoms with Crippen LogP contribution in [0.2, 0.25) is 0 Å². The van der Waals surface area contributed by atoms with Gasteiger partial charge in [0.15, 0.2) is 0 Å². The summed E-state index contributed by atoms with van der Waals surface area (Å²) in [4.78, 5) is 12.7. The van der Waals surface area contributed by atoms with Crippen LogP contribution in [0.15, 0.2) is 58.3 Å². The molecule has 0 bridgehead atoms. The minimum Gasteiger partial charge on any atom is -0.325 e. The number of alkyl halides is 3. The average Bonchev–Trinajstić information content (AvgIpc) is 3.36. The number of rotatable bonds is 6. The van der Waals surface area contributed by atoms with Gasteiger partial charge < -0.3 is 5.32 Å². The second kappa shape index (κ2) is 10.1. The van der Waals surface area contributed by atoms with Gasteiger partial charge >= 0.3 is 6.18 Å². The zero-order valence-corrected chi connectivity index (χ0v) is 20.9. The fraction of sp³-hybridized carbons (Fsp3) is 0.435. The molecule has 13 heteroatoms. The summed E-state index contributed by atoms with van der Waals surface area (Å²) in [5.41, 5.74) is -0.667. The van der Waals surface area contributed by atoms with Gasteiger partial charge in [0.1, 0.15) is 6.04 Å². The van der Waals surface area contributed by atoms with Crippen molar-refractivity contribution < 1.29 is 34.8 Å². The Hall–Kier alpha value is -2.48. The van der Waals surface area contributed by atoms with E-state index >= 15 is 0 Å². The van der Waals surface area contributed by atoms with E-state index in [0.717, 1.165) is 35.7 Å². The number of hydrogen-bond acceptors (Lipinski definition) is 5. The van der Waals surface area contributed by atoms with Crippen LogP contribution in [0.1, 0.15) is 37.7 Å². The van der Waals surface area contributed by atoms with Gasteiger partial charge in [-0.15, -0.1) is 0 Å². The fourth-order valence-electron chi connectivity index (χ4n) is 4.43. The van der Waals surface area contributed by atoms with E-state index in [1.54, 1.807) is 0 Å². The van der Waals surface area contributed by atoms with Gasteiger partial charge in [-0.25, -0.2) is 16.8 Å². The van der Waals surface area contributed by atoms with E-state index < -0.39 is 43.7 Å². The predicted molar refractivity (Wildman–Crippen MR) is 126 cm³/mol. The number of anilines is 1. The molecule has 0 saturated carbocycles. The summed E-state index contributed by atoms with van der Waals surface area (Å²) in [6.45, 7) is 0.978. The number of sulfonamides is 2. The number of benzene rings is 2. The minimum atomic E-state index is -4.60. The molecule has 2 aromatic rings. The first-order valence-corrected chi connectivity index (χ1v) is 14.4. The van der Waals surface area contributed by atoms with Gasteiger partial charge in [-0.05, 0) is 74.2 Å². The van der Waals surface area contributed by atoms with Crippen LogP contribution < -0.4 is 5.32 Å². The van der Waals surface area contributed by atoms with Crippen LogP contribution in [-0.2, 0) is 31.0 Å². The van der Waals surface area contributed by atoms with Crippen molar-refractivity contribution in [1.82, 2.24) is 8.61 Å². The highest BCUT2D eigenvalue weighted by Crippen LogP contribution is 2.32. The van der Waals surface area contributed by atoms with Crippen molar-refractivity contribution in [3.05, 3.63) is 54.1 Å². The van der Waals surface area contributed by atoms with Crippen LogP contribution in [0.25, 0.3) is 0 Å². The summed E-state index contributed by atoms with van der Waals surface area (Å²) in [7, 11) is -7.84. The molecule has 2 aliphatic rings. The molecule has 2 fully saturated rings. The van der Waals surface area contributed by atoms with Gasteiger partial charge in [0, 0.05) is 25.3 Å². The summed E-state index contributed by atoms with van der Waals surface area (Å²) < 4.78 is 92.6. The molecule has 0 aromatic heterocycles. The number of hydrogen-bond donors (Lipinski definition) is 1. The number of amides is 1. The number of nitrogens with one attached hydrogen (secondary N) is 1. The molecular weight excluding hydrogens is 519 g/mol. The van der Waals surface area contributed by atoms with E-state index in [2.05, 4.69) is 5.32 Å². The zero-order valence-electron chi connectivity index (χ0n) is 19.2. The highest BCUT2D eigenvalue weighted by molar-refractivity contribution is 7.89. The maximum Gasteiger partial charge on any atom is 0.416 e. The summed E-state index contributed by atoms with van der Waals surface area (Å²) in [5.74, 6) is -0.602. The Morgan fingerprint density at radius 3 is 1.92 bits per heavy atom. The molecule has 4 rings (SSSR count). The smallest absolute Gasteiger partial charge is 0.325 e. The van der Waals surface area contributed by atoms with Gasteiger partial charge in [-0.1, -0.05) is 6.42 Å². The molecule has 36 heavy (non-hydrogen) atoms. The van der Waals surface area contributed by atoms with Crippen molar-refractivity contribution in [3.8, 4) is 0 Å². The predicted octanol–water partition coefficient (Wildman–Crippen LogP) is 3.67. The zero-order chi connectivity index (χ0) is 26.1. The van der Waals surface area contributed by atoms with Crippen molar-refractivity contribution in [3.63, 3.8) is 0 Å². The lowest BCUT2D eigenvalue weighted by molar-refractivity contribution is -0.137. The Kier molecular flexibility index (Phi) is 7.47.